The maximum Gasteiger partial charge on any atom is 0.250 e. The Balaban J connectivity index is 1.44. The van der Waals surface area contributed by atoms with Gasteiger partial charge in [0.2, 0.25) is 11.8 Å². The average Bonchev–Trinajstić information content (AvgIpc) is 3.46. The molecule has 11 heteroatoms. The van der Waals surface area contributed by atoms with Crippen molar-refractivity contribution >= 4 is 28.8 Å². The molecule has 5 heterocycles. The lowest BCUT2D eigenvalue weighted by atomic mass is 9.73. The molecule has 0 bridgehead atoms. The highest BCUT2D eigenvalue weighted by molar-refractivity contribution is 6.00. The van der Waals surface area contributed by atoms with Crippen molar-refractivity contribution in [3.8, 4) is 0 Å². The molecule has 4 aliphatic rings. The van der Waals surface area contributed by atoms with Crippen molar-refractivity contribution in [3.05, 3.63) is 48.6 Å². The first-order valence-corrected chi connectivity index (χ1v) is 13.2. The Morgan fingerprint density at radius 3 is 2.63 bits per heavy atom. The van der Waals surface area contributed by atoms with E-state index < -0.39 is 29.1 Å². The average molecular weight is 521 g/mol. The van der Waals surface area contributed by atoms with E-state index in [-0.39, 0.29) is 44.1 Å². The highest BCUT2D eigenvalue weighted by Crippen LogP contribution is 2.58. The fourth-order valence-electron chi connectivity index (χ4n) is 6.72. The largest absolute Gasteiger partial charge is 0.396 e. The number of aliphatic hydroxyl groups is 1. The van der Waals surface area contributed by atoms with Crippen molar-refractivity contribution in [2.45, 2.75) is 43.7 Å². The van der Waals surface area contributed by atoms with Gasteiger partial charge in [0, 0.05) is 33.3 Å². The lowest BCUT2D eigenvalue weighted by Crippen LogP contribution is -2.56. The van der Waals surface area contributed by atoms with E-state index >= 15 is 0 Å². The van der Waals surface area contributed by atoms with E-state index in [2.05, 4.69) is 10.3 Å². The summed E-state index contributed by atoms with van der Waals surface area (Å²) in [7, 11) is 1.72. The van der Waals surface area contributed by atoms with Crippen LogP contribution in [0.15, 0.2) is 48.6 Å². The van der Waals surface area contributed by atoms with Crippen molar-refractivity contribution in [1.82, 2.24) is 29.7 Å². The van der Waals surface area contributed by atoms with Crippen LogP contribution >= 0.6 is 0 Å². The third-order valence-electron chi connectivity index (χ3n) is 8.51. The van der Waals surface area contributed by atoms with Gasteiger partial charge in [-0.3, -0.25) is 14.4 Å². The molecule has 0 saturated carbocycles. The van der Waals surface area contributed by atoms with Crippen molar-refractivity contribution in [3.63, 3.8) is 0 Å². The number of rotatable bonds is 6. The van der Waals surface area contributed by atoms with Crippen LogP contribution in [0.1, 0.15) is 19.8 Å². The van der Waals surface area contributed by atoms with E-state index in [1.807, 2.05) is 55.5 Å². The number of ether oxygens (including phenoxy) is 1. The predicted octanol–water partition coefficient (Wildman–Crippen LogP) is 0.559. The smallest absolute Gasteiger partial charge is 0.250 e. The molecule has 4 aliphatic heterocycles. The highest BCUT2D eigenvalue weighted by Gasteiger charge is 2.75. The minimum Gasteiger partial charge on any atom is -0.396 e. The summed E-state index contributed by atoms with van der Waals surface area (Å²) in [6.45, 7) is 2.87. The van der Waals surface area contributed by atoms with Crippen LogP contribution in [-0.4, -0.2) is 103 Å². The predicted molar refractivity (Wildman–Crippen MR) is 136 cm³/mol. The van der Waals surface area contributed by atoms with Crippen LogP contribution in [0.25, 0.3) is 11.0 Å². The van der Waals surface area contributed by atoms with Gasteiger partial charge in [-0.25, -0.2) is 4.68 Å². The summed E-state index contributed by atoms with van der Waals surface area (Å²) in [5.41, 5.74) is -0.780. The molecule has 1 N–H and O–H groups in total. The Labute approximate surface area is 220 Å². The number of nitrogens with zero attached hydrogens (tertiary/aromatic N) is 6. The van der Waals surface area contributed by atoms with Crippen molar-refractivity contribution < 1.29 is 24.2 Å². The number of hydrogen-bond donors (Lipinski definition) is 1. The quantitative estimate of drug-likeness (QED) is 0.553. The summed E-state index contributed by atoms with van der Waals surface area (Å²) in [6, 6.07) is 6.55. The van der Waals surface area contributed by atoms with Gasteiger partial charge in [0.25, 0.3) is 5.91 Å². The number of aliphatic hydroxyl groups excluding tert-OH is 1. The summed E-state index contributed by atoms with van der Waals surface area (Å²) in [5.74, 6) is -2.33. The van der Waals surface area contributed by atoms with E-state index in [0.29, 0.717) is 19.4 Å². The lowest BCUT2D eigenvalue weighted by molar-refractivity contribution is -0.154. The van der Waals surface area contributed by atoms with E-state index in [1.165, 1.54) is 4.90 Å². The summed E-state index contributed by atoms with van der Waals surface area (Å²) in [4.78, 5) is 46.9. The van der Waals surface area contributed by atoms with Crippen LogP contribution in [-0.2, 0) is 25.8 Å². The van der Waals surface area contributed by atoms with Gasteiger partial charge in [0.05, 0.1) is 23.0 Å². The SMILES string of the molecule is CC[C@@]12C=CCN(C)C(=O)[C@@H]1[C@H]1C(=O)N(CCCO)C3C(=O)N(Cn4nnc5ccccc54)CC=C[C@@]31O2. The van der Waals surface area contributed by atoms with Gasteiger partial charge in [-0.05, 0) is 25.0 Å². The molecule has 200 valence electrons. The second-order valence-electron chi connectivity index (χ2n) is 10.5. The van der Waals surface area contributed by atoms with Crippen LogP contribution < -0.4 is 0 Å². The molecule has 38 heavy (non-hydrogen) atoms. The lowest BCUT2D eigenvalue weighted by Gasteiger charge is -2.38. The minimum absolute atomic E-state index is 0.125. The van der Waals surface area contributed by atoms with E-state index in [0.717, 1.165) is 11.0 Å². The van der Waals surface area contributed by atoms with E-state index in [1.54, 1.807) is 21.5 Å². The molecular formula is C27H32N6O5. The van der Waals surface area contributed by atoms with Crippen molar-refractivity contribution in [1.29, 1.82) is 0 Å². The molecule has 1 unspecified atom stereocenters. The molecule has 1 aromatic heterocycles. The van der Waals surface area contributed by atoms with Gasteiger partial charge in [-0.2, -0.15) is 0 Å². The van der Waals surface area contributed by atoms with Crippen molar-refractivity contribution in [2.24, 2.45) is 11.8 Å². The highest BCUT2D eigenvalue weighted by atomic mass is 16.5. The number of benzene rings is 1. The summed E-state index contributed by atoms with van der Waals surface area (Å²) >= 11 is 0. The number of para-hydroxylation sites is 1. The summed E-state index contributed by atoms with van der Waals surface area (Å²) in [5, 5.41) is 18.0. The van der Waals surface area contributed by atoms with Gasteiger partial charge >= 0.3 is 0 Å². The zero-order valence-corrected chi connectivity index (χ0v) is 21.6. The second-order valence-corrected chi connectivity index (χ2v) is 10.5. The minimum atomic E-state index is -1.30. The third-order valence-corrected chi connectivity index (χ3v) is 8.51. The molecule has 6 rings (SSSR count). The monoisotopic (exact) mass is 520 g/mol. The second kappa shape index (κ2) is 9.02. The molecule has 0 radical (unpaired) electrons. The van der Waals surface area contributed by atoms with Gasteiger partial charge in [0.1, 0.15) is 23.8 Å². The summed E-state index contributed by atoms with van der Waals surface area (Å²) in [6.07, 6.45) is 8.32. The third kappa shape index (κ3) is 3.37. The molecule has 5 atom stereocenters. The van der Waals surface area contributed by atoms with Crippen LogP contribution in [0.5, 0.6) is 0 Å². The Hall–Kier alpha value is -3.57. The maximum absolute atomic E-state index is 14.3. The first-order valence-electron chi connectivity index (χ1n) is 13.2. The summed E-state index contributed by atoms with van der Waals surface area (Å²) < 4.78 is 8.54. The van der Waals surface area contributed by atoms with E-state index in [9.17, 15) is 19.5 Å². The van der Waals surface area contributed by atoms with Gasteiger partial charge in [-0.1, -0.05) is 48.6 Å². The number of carbonyl (C=O) groups is 3. The van der Waals surface area contributed by atoms with E-state index in [4.69, 9.17) is 4.74 Å². The number of hydrogen-bond acceptors (Lipinski definition) is 7. The maximum atomic E-state index is 14.3. The first kappa shape index (κ1) is 24.7. The Kier molecular flexibility index (Phi) is 5.88. The van der Waals surface area contributed by atoms with Crippen LogP contribution in [0.4, 0.5) is 0 Å². The topological polar surface area (TPSA) is 121 Å². The Bertz CT molecular complexity index is 1350. The number of carbonyl (C=O) groups excluding carboxylic acids is 3. The van der Waals surface area contributed by atoms with Crippen LogP contribution in [0.2, 0.25) is 0 Å². The van der Waals surface area contributed by atoms with Crippen LogP contribution in [0, 0.1) is 11.8 Å². The van der Waals surface area contributed by atoms with Gasteiger partial charge in [0.15, 0.2) is 0 Å². The fourth-order valence-corrected chi connectivity index (χ4v) is 6.72. The number of aromatic nitrogens is 3. The molecule has 3 amide bonds. The molecule has 11 nitrogen and oxygen atoms in total. The van der Waals surface area contributed by atoms with Crippen LogP contribution in [0.3, 0.4) is 0 Å². The Morgan fingerprint density at radius 2 is 1.84 bits per heavy atom. The molecular weight excluding hydrogens is 488 g/mol. The fraction of sp³-hybridized carbons (Fsp3) is 0.519. The standard InChI is InChI=1S/C27H32N6O5/c1-3-26-11-6-13-30(2)23(35)20(26)21-24(36)32(15-8-16-34)22-25(37)31(14-7-12-27(21,22)38-26)17-33-19-10-5-4-9-18(19)28-29-33/h4-7,9-12,20-22,34H,3,8,13-17H2,1-2H3/t20-,21-,22?,26+,27-/m0/s1. The van der Waals surface area contributed by atoms with Gasteiger partial charge < -0.3 is 24.5 Å². The molecule has 2 aromatic rings. The van der Waals surface area contributed by atoms with Gasteiger partial charge in [-0.15, -0.1) is 5.10 Å². The first-order chi connectivity index (χ1) is 18.4. The number of fused-ring (bicyclic) bond motifs is 3. The zero-order valence-electron chi connectivity index (χ0n) is 21.6. The normalized spacial score (nSPS) is 32.6. The number of likely N-dealkylation sites (N-methyl/N-ethyl adjacent to an activating group) is 1. The molecule has 0 aliphatic carbocycles. The molecule has 2 saturated heterocycles. The number of amides is 3. The zero-order chi connectivity index (χ0) is 26.7. The molecule has 1 aromatic carbocycles. The number of likely N-dealkylation sites (tertiary alicyclic amines) is 1. The molecule has 2 fully saturated rings. The molecule has 1 spiro atoms. The van der Waals surface area contributed by atoms with Crippen molar-refractivity contribution in [2.75, 3.05) is 33.3 Å². The Morgan fingerprint density at radius 1 is 1.05 bits per heavy atom.